The van der Waals surface area contributed by atoms with Gasteiger partial charge < -0.3 is 15.4 Å². The van der Waals surface area contributed by atoms with Gasteiger partial charge in [0.25, 0.3) is 5.91 Å². The van der Waals surface area contributed by atoms with Gasteiger partial charge in [0.1, 0.15) is 5.75 Å². The summed E-state index contributed by atoms with van der Waals surface area (Å²) in [5, 5.41) is 9.73. The molecule has 0 saturated carbocycles. The number of nitrogens with zero attached hydrogens (tertiary/aromatic N) is 1. The van der Waals surface area contributed by atoms with Crippen LogP contribution in [0, 0.1) is 0 Å². The fourth-order valence-corrected chi connectivity index (χ4v) is 3.26. The first-order valence-corrected chi connectivity index (χ1v) is 10.8. The maximum absolute atomic E-state index is 12.1. The van der Waals surface area contributed by atoms with E-state index in [2.05, 4.69) is 21.2 Å². The van der Waals surface area contributed by atoms with Crippen molar-refractivity contribution in [2.45, 2.75) is 6.54 Å². The first kappa shape index (κ1) is 24.8. The number of carbonyl (C=O) groups excluding carboxylic acids is 3. The molecule has 0 heterocycles. The van der Waals surface area contributed by atoms with Gasteiger partial charge in [0.2, 0.25) is 0 Å². The van der Waals surface area contributed by atoms with Crippen LogP contribution in [0.5, 0.6) is 5.75 Å². The normalized spacial score (nSPS) is 10.5. The van der Waals surface area contributed by atoms with E-state index in [-0.39, 0.29) is 13.2 Å². The van der Waals surface area contributed by atoms with Crippen molar-refractivity contribution in [1.82, 2.24) is 10.7 Å². The molecule has 0 aliphatic heterocycles. The molecule has 0 spiro atoms. The van der Waals surface area contributed by atoms with Crippen LogP contribution in [0.2, 0.25) is 10.0 Å². The largest absolute Gasteiger partial charge is 0.484 e. The minimum atomic E-state index is -0.891. The van der Waals surface area contributed by atoms with Crippen molar-refractivity contribution in [1.29, 1.82) is 0 Å². The highest BCUT2D eigenvalue weighted by Crippen LogP contribution is 2.22. The van der Waals surface area contributed by atoms with Gasteiger partial charge >= 0.3 is 11.8 Å². The number of hydrogen-bond donors (Lipinski definition) is 3. The van der Waals surface area contributed by atoms with E-state index >= 15 is 0 Å². The van der Waals surface area contributed by atoms with Crippen LogP contribution in [0.3, 0.4) is 0 Å². The molecule has 3 aromatic carbocycles. The third-order valence-electron chi connectivity index (χ3n) is 4.26. The van der Waals surface area contributed by atoms with Crippen LogP contribution in [-0.4, -0.2) is 30.5 Å². The monoisotopic (exact) mass is 498 g/mol. The number of anilines is 1. The Hall–Kier alpha value is -3.88. The van der Waals surface area contributed by atoms with E-state index in [4.69, 9.17) is 27.9 Å². The number of halogens is 2. The summed E-state index contributed by atoms with van der Waals surface area (Å²) in [5.74, 6) is -1.68. The Kier molecular flexibility index (Phi) is 9.02. The van der Waals surface area contributed by atoms with Crippen molar-refractivity contribution in [3.63, 3.8) is 0 Å². The van der Waals surface area contributed by atoms with Gasteiger partial charge in [-0.25, -0.2) is 5.43 Å². The molecular formula is C24H20Cl2N4O4. The highest BCUT2D eigenvalue weighted by molar-refractivity contribution is 6.35. The zero-order valence-electron chi connectivity index (χ0n) is 17.8. The van der Waals surface area contributed by atoms with Gasteiger partial charge in [-0.2, -0.15) is 5.10 Å². The molecule has 8 nitrogen and oxygen atoms in total. The average molecular weight is 499 g/mol. The molecule has 174 valence electrons. The molecule has 0 atom stereocenters. The van der Waals surface area contributed by atoms with Crippen LogP contribution in [0.1, 0.15) is 11.1 Å². The summed E-state index contributed by atoms with van der Waals surface area (Å²) < 4.78 is 5.49. The van der Waals surface area contributed by atoms with Gasteiger partial charge in [0, 0.05) is 22.3 Å². The number of amides is 3. The molecule has 0 aliphatic rings. The highest BCUT2D eigenvalue weighted by Gasteiger charge is 2.12. The summed E-state index contributed by atoms with van der Waals surface area (Å²) in [6.07, 6.45) is 1.35. The topological polar surface area (TPSA) is 109 Å². The van der Waals surface area contributed by atoms with Crippen LogP contribution in [-0.2, 0) is 20.9 Å². The molecule has 34 heavy (non-hydrogen) atoms. The van der Waals surface area contributed by atoms with Crippen molar-refractivity contribution in [2.24, 2.45) is 5.10 Å². The van der Waals surface area contributed by atoms with E-state index in [9.17, 15) is 14.4 Å². The summed E-state index contributed by atoms with van der Waals surface area (Å²) in [6, 6.07) is 20.6. The second-order valence-corrected chi connectivity index (χ2v) is 7.81. The second-order valence-electron chi connectivity index (χ2n) is 6.93. The van der Waals surface area contributed by atoms with E-state index in [0.29, 0.717) is 27.0 Å². The minimum Gasteiger partial charge on any atom is -0.484 e. The molecule has 0 bridgehead atoms. The summed E-state index contributed by atoms with van der Waals surface area (Å²) >= 11 is 11.8. The lowest BCUT2D eigenvalue weighted by molar-refractivity contribution is -0.139. The summed E-state index contributed by atoms with van der Waals surface area (Å²) in [5.41, 5.74) is 4.08. The zero-order chi connectivity index (χ0) is 24.3. The molecule has 0 unspecified atom stereocenters. The van der Waals surface area contributed by atoms with Gasteiger partial charge in [-0.1, -0.05) is 65.7 Å². The zero-order valence-corrected chi connectivity index (χ0v) is 19.3. The molecule has 0 saturated heterocycles. The Balaban J connectivity index is 1.45. The number of carbonyl (C=O) groups is 3. The lowest BCUT2D eigenvalue weighted by Gasteiger charge is -2.09. The van der Waals surface area contributed by atoms with E-state index in [0.717, 1.165) is 5.56 Å². The number of hydrazone groups is 1. The predicted octanol–water partition coefficient (Wildman–Crippen LogP) is 3.78. The maximum atomic E-state index is 12.1. The van der Waals surface area contributed by atoms with Crippen molar-refractivity contribution >= 4 is 52.8 Å². The van der Waals surface area contributed by atoms with Gasteiger partial charge in [-0.15, -0.1) is 0 Å². The fraction of sp³-hybridized carbons (Fsp3) is 0.0833. The Morgan fingerprint density at radius 2 is 1.62 bits per heavy atom. The minimum absolute atomic E-state index is 0.230. The lowest BCUT2D eigenvalue weighted by Crippen LogP contribution is -2.37. The highest BCUT2D eigenvalue weighted by atomic mass is 35.5. The molecule has 0 aliphatic carbocycles. The van der Waals surface area contributed by atoms with E-state index < -0.39 is 17.7 Å². The first-order valence-electron chi connectivity index (χ1n) is 10.0. The molecule has 10 heteroatoms. The van der Waals surface area contributed by atoms with Crippen LogP contribution in [0.15, 0.2) is 77.9 Å². The van der Waals surface area contributed by atoms with E-state index in [1.807, 2.05) is 30.3 Å². The third-order valence-corrected chi connectivity index (χ3v) is 4.69. The molecule has 3 rings (SSSR count). The third kappa shape index (κ3) is 8.23. The number of rotatable bonds is 8. The van der Waals surface area contributed by atoms with Gasteiger partial charge in [0.15, 0.2) is 6.61 Å². The Labute approximate surface area is 205 Å². The Bertz CT molecular complexity index is 1180. The van der Waals surface area contributed by atoms with Gasteiger partial charge in [0.05, 0.1) is 6.21 Å². The predicted molar refractivity (Wildman–Crippen MR) is 131 cm³/mol. The van der Waals surface area contributed by atoms with Crippen molar-refractivity contribution in [3.8, 4) is 5.75 Å². The average Bonchev–Trinajstić information content (AvgIpc) is 2.81. The summed E-state index contributed by atoms with van der Waals surface area (Å²) in [4.78, 5) is 35.8. The van der Waals surface area contributed by atoms with E-state index in [1.165, 1.54) is 6.21 Å². The van der Waals surface area contributed by atoms with E-state index in [1.54, 1.807) is 42.5 Å². The van der Waals surface area contributed by atoms with Gasteiger partial charge in [-0.3, -0.25) is 14.4 Å². The SMILES string of the molecule is O=C(COc1cccc(/C=N/NC(=O)C(=O)NCc2ccccc2)c1)Nc1cc(Cl)cc(Cl)c1. The number of hydrogen-bond acceptors (Lipinski definition) is 5. The molecule has 0 aromatic heterocycles. The Morgan fingerprint density at radius 3 is 2.35 bits per heavy atom. The van der Waals surface area contributed by atoms with Crippen LogP contribution in [0.4, 0.5) is 5.69 Å². The standard InChI is InChI=1S/C24H20Cl2N4O4/c25-18-10-19(26)12-20(11-18)29-22(31)15-34-21-8-4-7-17(9-21)14-28-30-24(33)23(32)27-13-16-5-2-1-3-6-16/h1-12,14H,13,15H2,(H,27,32)(H,29,31)(H,30,33)/b28-14+. The lowest BCUT2D eigenvalue weighted by atomic mass is 10.2. The number of nitrogens with one attached hydrogen (secondary N) is 3. The number of ether oxygens (including phenoxy) is 1. The van der Waals surface area contributed by atoms with Crippen molar-refractivity contribution < 1.29 is 19.1 Å². The Morgan fingerprint density at radius 1 is 0.882 bits per heavy atom. The van der Waals surface area contributed by atoms with Crippen LogP contribution in [0.25, 0.3) is 0 Å². The van der Waals surface area contributed by atoms with Crippen LogP contribution >= 0.6 is 23.2 Å². The summed E-state index contributed by atoms with van der Waals surface area (Å²) in [7, 11) is 0. The van der Waals surface area contributed by atoms with Crippen molar-refractivity contribution in [2.75, 3.05) is 11.9 Å². The molecule has 3 amide bonds. The van der Waals surface area contributed by atoms with Gasteiger partial charge in [-0.05, 0) is 41.5 Å². The quantitative estimate of drug-likeness (QED) is 0.249. The number of benzene rings is 3. The smallest absolute Gasteiger partial charge is 0.329 e. The second kappa shape index (κ2) is 12.4. The van der Waals surface area contributed by atoms with Crippen molar-refractivity contribution in [3.05, 3.63) is 94.0 Å². The molecule has 3 aromatic rings. The van der Waals surface area contributed by atoms with Crippen LogP contribution < -0.4 is 20.8 Å². The molecule has 0 radical (unpaired) electrons. The molecule has 0 fully saturated rings. The first-order chi connectivity index (χ1) is 16.4. The molecule has 3 N–H and O–H groups in total. The maximum Gasteiger partial charge on any atom is 0.329 e. The summed E-state index contributed by atoms with van der Waals surface area (Å²) in [6.45, 7) is -0.0167. The fourth-order valence-electron chi connectivity index (χ4n) is 2.73. The molecular weight excluding hydrogens is 479 g/mol.